The monoisotopic (exact) mass is 1750 g/mol. The Morgan fingerprint density at radius 2 is 0.639 bits per heavy atom. The highest BCUT2D eigenvalue weighted by atomic mass is 16.8. The molecule has 53 nitrogen and oxygen atoms in total. The Labute approximate surface area is 674 Å². The van der Waals surface area contributed by atoms with Crippen molar-refractivity contribution in [1.82, 2.24) is 16.0 Å². The van der Waals surface area contributed by atoms with E-state index in [1.807, 2.05) is 0 Å². The Morgan fingerprint density at radius 3 is 1.08 bits per heavy atom. The van der Waals surface area contributed by atoms with Crippen LogP contribution in [0.4, 0.5) is 0 Å². The lowest BCUT2D eigenvalue weighted by Gasteiger charge is -2.51. The van der Waals surface area contributed by atoms with Gasteiger partial charge >= 0.3 is 0 Å². The van der Waals surface area contributed by atoms with E-state index in [9.17, 15) is 162 Å². The Balaban J connectivity index is 1.07. The summed E-state index contributed by atoms with van der Waals surface area (Å²) in [5.74, 6) is -2.89. The zero-order chi connectivity index (χ0) is 87.9. The first-order valence-corrected chi connectivity index (χ1v) is 37.9. The molecule has 9 saturated heterocycles. The molecule has 9 aliphatic heterocycles. The van der Waals surface area contributed by atoms with E-state index in [2.05, 4.69) is 16.0 Å². The van der Waals surface area contributed by atoms with Crippen LogP contribution in [0.1, 0.15) is 27.7 Å². The van der Waals surface area contributed by atoms with Gasteiger partial charge in [0.05, 0.1) is 78.2 Å². The van der Waals surface area contributed by atoms with Crippen LogP contribution in [0.5, 0.6) is 0 Å². The molecule has 0 radical (unpaired) electrons. The maximum atomic E-state index is 13.2. The Bertz CT molecular complexity index is 3100. The van der Waals surface area contributed by atoms with E-state index in [0.717, 1.165) is 20.8 Å². The maximum Gasteiger partial charge on any atom is 0.217 e. The molecule has 0 aromatic rings. The lowest BCUT2D eigenvalue weighted by Crippen LogP contribution is -2.70. The predicted molar refractivity (Wildman–Crippen MR) is 365 cm³/mol. The number of ether oxygens (including phenoxy) is 18. The summed E-state index contributed by atoms with van der Waals surface area (Å²) >= 11 is 0. The topological polar surface area (TPSA) is 840 Å². The summed E-state index contributed by atoms with van der Waals surface area (Å²) in [6.45, 7) is -7.06. The number of hydrogen-bond acceptors (Lipinski definition) is 50. The van der Waals surface area contributed by atoms with Crippen molar-refractivity contribution in [2.75, 3.05) is 66.1 Å². The van der Waals surface area contributed by atoms with Crippen LogP contribution in [0, 0.1) is 0 Å². The van der Waals surface area contributed by atoms with Crippen LogP contribution in [-0.4, -0.2) is 532 Å². The number of aliphatic hydroxyl groups excluding tert-OH is 29. The number of hydrogen-bond donors (Lipinski definition) is 32. The van der Waals surface area contributed by atoms with Crippen LogP contribution < -0.4 is 16.0 Å². The largest absolute Gasteiger partial charge is 0.394 e. The van der Waals surface area contributed by atoms with Crippen LogP contribution in [-0.2, 0) is 99.6 Å². The quantitative estimate of drug-likeness (QED) is 0.0284. The van der Waals surface area contributed by atoms with Gasteiger partial charge in [0, 0.05) is 20.8 Å². The normalized spacial score (nSPS) is 47.9. The number of carbonyl (C=O) groups is 3. The fourth-order valence-electron chi connectivity index (χ4n) is 14.9. The van der Waals surface area contributed by atoms with Crippen molar-refractivity contribution in [2.24, 2.45) is 0 Å². The van der Waals surface area contributed by atoms with Gasteiger partial charge in [-0.3, -0.25) is 14.4 Å². The van der Waals surface area contributed by atoms with Gasteiger partial charge in [0.2, 0.25) is 17.7 Å². The molecule has 0 spiro atoms. The Morgan fingerprint density at radius 1 is 0.311 bits per heavy atom. The lowest BCUT2D eigenvalue weighted by molar-refractivity contribution is -0.398. The minimum Gasteiger partial charge on any atom is -0.394 e. The zero-order valence-electron chi connectivity index (χ0n) is 63.9. The molecule has 692 valence electrons. The van der Waals surface area contributed by atoms with Gasteiger partial charge in [-0.15, -0.1) is 0 Å². The second-order valence-electron chi connectivity index (χ2n) is 30.1. The summed E-state index contributed by atoms with van der Waals surface area (Å²) in [6.07, 6.45) is -97.3. The second kappa shape index (κ2) is 43.8. The van der Waals surface area contributed by atoms with E-state index < -0.39 is 384 Å². The molecule has 9 heterocycles. The second-order valence-corrected chi connectivity index (χ2v) is 30.1. The average Bonchev–Trinajstić information content (AvgIpc) is 0.764. The fourth-order valence-corrected chi connectivity index (χ4v) is 14.9. The number of rotatable bonds is 34. The van der Waals surface area contributed by atoms with Crippen molar-refractivity contribution in [1.29, 1.82) is 0 Å². The smallest absolute Gasteiger partial charge is 0.217 e. The van der Waals surface area contributed by atoms with Gasteiger partial charge < -0.3 is 249 Å². The predicted octanol–water partition coefficient (Wildman–Crippen LogP) is -21.7. The Hall–Kier alpha value is -3.47. The van der Waals surface area contributed by atoms with Crippen molar-refractivity contribution in [3.63, 3.8) is 0 Å². The van der Waals surface area contributed by atoms with Gasteiger partial charge in [-0.25, -0.2) is 0 Å². The standard InChI is InChI=1S/C66H113N3O50/c1-15-31(81)41(91)46(96)60(105-15)102-12-20(80)52(32(82)19(5-70)67-16(2)77)114-58-29(68-17(3)78)39(89)54(26(11-76)110-58)116-65-51(101)56(118-66-57(45(95)36(86)24(9-74)109-66)119-59-30(69-18(4)79)40(90)53(25(10-75)111-59)115-63-48(98)43(93)34(84)22(7-72)107-63)38(88)28(113-65)14-104-62-50(100)55(117-64-49(99)44(94)35(85)23(8-73)108-64)37(87)27(112-62)13-103-61-47(97)42(92)33(83)21(6-71)106-61/h15,19-66,70-76,80-101H,5-14H2,1-4H3,(H,67,77)(H,68,78)(H,69,79)/t15-,19-,20+,21+,22+,23+,24+,25+,26+,27+,28+,29+,30+,31+,32+,33+,34-,35+,36+,37+,38+,39+,40+,41+,42-,43-,44-,45-,46-,47-,48+,49-,50-,51-,52+,53+,54+,55-,56-,57-,58?,59?,60?,61?,62?,63?,64?,65?,66?/m0/s1. The third-order valence-electron chi connectivity index (χ3n) is 21.6. The van der Waals surface area contributed by atoms with E-state index in [0.29, 0.717) is 0 Å². The minimum atomic E-state index is -2.65. The number of aliphatic hydroxyl groups is 29. The van der Waals surface area contributed by atoms with Crippen LogP contribution in [0.15, 0.2) is 0 Å². The maximum absolute atomic E-state index is 13.2. The lowest BCUT2D eigenvalue weighted by atomic mass is 9.94. The van der Waals surface area contributed by atoms with Crippen LogP contribution in [0.3, 0.4) is 0 Å². The SMILES string of the molecule is CC(=O)N[C@@H](CO)[C@@H](O)[C@H](OC1O[C@H](CO)[C@@H](OC2O[C@H](COC3O[C@H](COC4O[C@H](CO)[C@@H](O)[C@H](O)[C@@H]4O)[C@@H](O)[C@H](OC4O[C@H](CO)[C@@H](O)[C@H](O)[C@@H]4O)[C@@H]3O)[C@@H](O)[C@H](OC3O[C@H](CO)[C@@H](O)[C@H](O)[C@@H]3OC3O[C@H](CO)[C@@H](OC4O[C@H](CO)[C@H](O)[C@H](O)[C@H]4O)[C@H](O)[C@H]3NC(C)=O)[C@@H]2O)[C@H](O)[C@H]1NC(C)=O)[C@H](O)COC1O[C@@H](C)[C@@H](O)[C@@H](O)[C@@H]1O. The molecule has 0 aromatic heterocycles. The molecule has 9 unspecified atom stereocenters. The average molecular weight is 1750 g/mol. The Kier molecular flexibility index (Phi) is 36.6. The first-order chi connectivity index (χ1) is 56.2. The van der Waals surface area contributed by atoms with Crippen molar-refractivity contribution in [3.05, 3.63) is 0 Å². The highest BCUT2D eigenvalue weighted by Gasteiger charge is 2.61. The van der Waals surface area contributed by atoms with E-state index in [4.69, 9.17) is 85.3 Å². The molecule has 9 fully saturated rings. The number of carbonyl (C=O) groups excluding carboxylic acids is 3. The summed E-state index contributed by atoms with van der Waals surface area (Å²) in [7, 11) is 0. The van der Waals surface area contributed by atoms with Crippen molar-refractivity contribution in [3.8, 4) is 0 Å². The molecule has 3 amide bonds. The number of amides is 3. The fraction of sp³-hybridized carbons (Fsp3) is 0.955. The molecule has 53 heteroatoms. The highest BCUT2D eigenvalue weighted by Crippen LogP contribution is 2.40. The third kappa shape index (κ3) is 22.6. The van der Waals surface area contributed by atoms with Gasteiger partial charge in [0.15, 0.2) is 56.6 Å². The number of nitrogens with one attached hydrogen (secondary N) is 3. The molecular weight excluding hydrogens is 1630 g/mol. The van der Waals surface area contributed by atoms with E-state index >= 15 is 0 Å². The first-order valence-electron chi connectivity index (χ1n) is 37.9. The zero-order valence-corrected chi connectivity index (χ0v) is 63.9. The van der Waals surface area contributed by atoms with Gasteiger partial charge in [0.25, 0.3) is 0 Å². The summed E-state index contributed by atoms with van der Waals surface area (Å²) in [5.41, 5.74) is 0. The molecule has 0 aromatic carbocycles. The molecule has 9 rings (SSSR count). The molecule has 9 aliphatic rings. The van der Waals surface area contributed by atoms with Gasteiger partial charge in [0.1, 0.15) is 232 Å². The van der Waals surface area contributed by atoms with E-state index in [-0.39, 0.29) is 0 Å². The van der Waals surface area contributed by atoms with Gasteiger partial charge in [-0.05, 0) is 6.92 Å². The molecule has 0 aliphatic carbocycles. The third-order valence-corrected chi connectivity index (χ3v) is 21.6. The molecule has 0 saturated carbocycles. The van der Waals surface area contributed by atoms with Crippen molar-refractivity contribution < 1.29 is 248 Å². The first kappa shape index (κ1) is 99.3. The van der Waals surface area contributed by atoms with Crippen molar-refractivity contribution >= 4 is 17.7 Å². The highest BCUT2D eigenvalue weighted by molar-refractivity contribution is 5.74. The van der Waals surface area contributed by atoms with E-state index in [1.54, 1.807) is 0 Å². The minimum absolute atomic E-state index is 0.871. The van der Waals surface area contributed by atoms with Gasteiger partial charge in [-0.1, -0.05) is 0 Å². The van der Waals surface area contributed by atoms with Crippen molar-refractivity contribution in [2.45, 2.75) is 328 Å². The molecule has 119 heavy (non-hydrogen) atoms. The summed E-state index contributed by atoms with van der Waals surface area (Å²) < 4.78 is 105. The molecule has 32 N–H and O–H groups in total. The molecule has 49 atom stereocenters. The van der Waals surface area contributed by atoms with Crippen LogP contribution in [0.2, 0.25) is 0 Å². The van der Waals surface area contributed by atoms with Gasteiger partial charge in [-0.2, -0.15) is 0 Å². The summed E-state index contributed by atoms with van der Waals surface area (Å²) in [5, 5.41) is 328. The summed E-state index contributed by atoms with van der Waals surface area (Å²) in [4.78, 5) is 38.5. The summed E-state index contributed by atoms with van der Waals surface area (Å²) in [6, 6.07) is -5.83. The molecule has 0 bridgehead atoms. The van der Waals surface area contributed by atoms with E-state index in [1.165, 1.54) is 6.92 Å². The molecular formula is C66H113N3O50. The van der Waals surface area contributed by atoms with Crippen LogP contribution in [0.25, 0.3) is 0 Å². The van der Waals surface area contributed by atoms with Crippen LogP contribution >= 0.6 is 0 Å².